The van der Waals surface area contributed by atoms with Crippen molar-refractivity contribution < 1.29 is 9.84 Å². The summed E-state index contributed by atoms with van der Waals surface area (Å²) in [5, 5.41) is 18.5. The number of benzene rings is 1. The lowest BCUT2D eigenvalue weighted by Crippen LogP contribution is -2.10. The largest absolute Gasteiger partial charge is 0.497 e. The predicted molar refractivity (Wildman–Crippen MR) is 82.8 cm³/mol. The molecule has 0 bridgehead atoms. The van der Waals surface area contributed by atoms with Crippen LogP contribution in [0.3, 0.4) is 0 Å². The molecule has 7 heteroatoms. The Labute approximate surface area is 127 Å². The van der Waals surface area contributed by atoms with Crippen LogP contribution < -0.4 is 10.1 Å². The average molecular weight is 299 g/mol. The second kappa shape index (κ2) is 5.98. The monoisotopic (exact) mass is 299 g/mol. The zero-order chi connectivity index (χ0) is 15.5. The molecule has 22 heavy (non-hydrogen) atoms. The van der Waals surface area contributed by atoms with Crippen LogP contribution in [0.2, 0.25) is 0 Å². The predicted octanol–water partition coefficient (Wildman–Crippen LogP) is 1.61. The molecule has 0 saturated carbocycles. The maximum Gasteiger partial charge on any atom is 0.163 e. The van der Waals surface area contributed by atoms with Gasteiger partial charge in [-0.25, -0.2) is 14.6 Å². The topological polar surface area (TPSA) is 85.1 Å². The smallest absolute Gasteiger partial charge is 0.163 e. The van der Waals surface area contributed by atoms with E-state index in [9.17, 15) is 5.11 Å². The number of aromatic nitrogens is 4. The van der Waals surface area contributed by atoms with E-state index in [0.29, 0.717) is 23.8 Å². The van der Waals surface area contributed by atoms with Gasteiger partial charge in [-0.15, -0.1) is 0 Å². The molecule has 1 aromatic carbocycles. The van der Waals surface area contributed by atoms with Crippen molar-refractivity contribution in [2.75, 3.05) is 19.5 Å². The lowest BCUT2D eigenvalue weighted by molar-refractivity contribution is 0.152. The van der Waals surface area contributed by atoms with Gasteiger partial charge in [-0.3, -0.25) is 0 Å². The minimum absolute atomic E-state index is 0.302. The minimum atomic E-state index is -0.703. The molecule has 0 radical (unpaired) electrons. The average Bonchev–Trinajstić information content (AvgIpc) is 2.98. The fourth-order valence-electron chi connectivity index (χ4n) is 2.34. The molecular formula is C15H17N5O2. The molecule has 2 heterocycles. The lowest BCUT2D eigenvalue weighted by Gasteiger charge is -2.12. The Morgan fingerprint density at radius 3 is 3.00 bits per heavy atom. The Hall–Kier alpha value is -2.67. The maximum atomic E-state index is 10.4. The van der Waals surface area contributed by atoms with Gasteiger partial charge in [0.05, 0.1) is 31.3 Å². The molecule has 0 aliphatic heterocycles. The van der Waals surface area contributed by atoms with Gasteiger partial charge in [0.25, 0.3) is 0 Å². The van der Waals surface area contributed by atoms with Crippen LogP contribution in [0.4, 0.5) is 5.82 Å². The van der Waals surface area contributed by atoms with Crippen LogP contribution in [0.1, 0.15) is 11.7 Å². The van der Waals surface area contributed by atoms with Gasteiger partial charge in [0.2, 0.25) is 0 Å². The summed E-state index contributed by atoms with van der Waals surface area (Å²) in [4.78, 5) is 8.39. The number of anilines is 1. The van der Waals surface area contributed by atoms with E-state index >= 15 is 0 Å². The number of aliphatic hydroxyl groups excluding tert-OH is 1. The molecule has 2 N–H and O–H groups in total. The third-order valence-corrected chi connectivity index (χ3v) is 3.49. The van der Waals surface area contributed by atoms with Gasteiger partial charge < -0.3 is 15.2 Å². The van der Waals surface area contributed by atoms with E-state index in [-0.39, 0.29) is 0 Å². The third kappa shape index (κ3) is 2.58. The van der Waals surface area contributed by atoms with Gasteiger partial charge in [-0.2, -0.15) is 5.10 Å². The number of fused-ring (bicyclic) bond motifs is 1. The summed E-state index contributed by atoms with van der Waals surface area (Å²) in [6.07, 6.45) is 2.47. The number of aliphatic hydroxyl groups is 1. The highest BCUT2D eigenvalue weighted by atomic mass is 16.5. The van der Waals surface area contributed by atoms with Gasteiger partial charge >= 0.3 is 0 Å². The summed E-state index contributed by atoms with van der Waals surface area (Å²) in [6.45, 7) is 0.302. The van der Waals surface area contributed by atoms with Crippen molar-refractivity contribution in [3.05, 3.63) is 42.4 Å². The van der Waals surface area contributed by atoms with Crippen molar-refractivity contribution in [2.45, 2.75) is 12.6 Å². The van der Waals surface area contributed by atoms with E-state index in [1.807, 2.05) is 24.3 Å². The van der Waals surface area contributed by atoms with E-state index in [0.717, 1.165) is 10.9 Å². The molecular weight excluding hydrogens is 282 g/mol. The Morgan fingerprint density at radius 1 is 1.36 bits per heavy atom. The van der Waals surface area contributed by atoms with Crippen molar-refractivity contribution in [3.63, 3.8) is 0 Å². The summed E-state index contributed by atoms with van der Waals surface area (Å²) < 4.78 is 6.85. The normalized spacial score (nSPS) is 12.3. The number of methoxy groups -OCH3 is 1. The highest BCUT2D eigenvalue weighted by Gasteiger charge is 2.14. The van der Waals surface area contributed by atoms with Crippen molar-refractivity contribution in [1.82, 2.24) is 19.7 Å². The SMILES string of the molecule is CNc1ncnc2c1cnn2CC(O)c1cccc(OC)c1. The zero-order valence-corrected chi connectivity index (χ0v) is 12.4. The second-order valence-corrected chi connectivity index (χ2v) is 4.83. The molecule has 3 aromatic rings. The third-order valence-electron chi connectivity index (χ3n) is 3.49. The molecule has 1 unspecified atom stereocenters. The Bertz CT molecular complexity index is 786. The molecule has 7 nitrogen and oxygen atoms in total. The Kier molecular flexibility index (Phi) is 3.88. The quantitative estimate of drug-likeness (QED) is 0.744. The minimum Gasteiger partial charge on any atom is -0.497 e. The van der Waals surface area contributed by atoms with E-state index in [1.165, 1.54) is 6.33 Å². The van der Waals surface area contributed by atoms with Crippen molar-refractivity contribution in [3.8, 4) is 5.75 Å². The van der Waals surface area contributed by atoms with Crippen LogP contribution in [0, 0.1) is 0 Å². The molecule has 0 spiro atoms. The number of rotatable bonds is 5. The molecule has 0 aliphatic rings. The van der Waals surface area contributed by atoms with Crippen molar-refractivity contribution in [1.29, 1.82) is 0 Å². The first-order valence-electron chi connectivity index (χ1n) is 6.89. The Balaban J connectivity index is 1.89. The number of hydrogen-bond acceptors (Lipinski definition) is 6. The van der Waals surface area contributed by atoms with Crippen molar-refractivity contribution in [2.24, 2.45) is 0 Å². The summed E-state index contributed by atoms with van der Waals surface area (Å²) in [7, 11) is 3.40. The van der Waals surface area contributed by atoms with Crippen LogP contribution in [0.15, 0.2) is 36.8 Å². The molecule has 0 fully saturated rings. The number of hydrogen-bond donors (Lipinski definition) is 2. The van der Waals surface area contributed by atoms with Gasteiger partial charge in [-0.1, -0.05) is 12.1 Å². The Morgan fingerprint density at radius 2 is 2.23 bits per heavy atom. The standard InChI is InChI=1S/C15H17N5O2/c1-16-14-12-7-19-20(15(12)18-9-17-14)8-13(21)10-4-3-5-11(6-10)22-2/h3-7,9,13,21H,8H2,1-2H3,(H,16,17,18). The first kappa shape index (κ1) is 14.3. The highest BCUT2D eigenvalue weighted by molar-refractivity contribution is 5.85. The molecule has 3 rings (SSSR count). The summed E-state index contributed by atoms with van der Waals surface area (Å²) in [6, 6.07) is 7.35. The molecule has 0 saturated heterocycles. The summed E-state index contributed by atoms with van der Waals surface area (Å²) in [5.74, 6) is 1.42. The van der Waals surface area contributed by atoms with Crippen LogP contribution in [0.5, 0.6) is 5.75 Å². The first-order valence-corrected chi connectivity index (χ1v) is 6.89. The molecule has 1 atom stereocenters. The van der Waals surface area contributed by atoms with Crippen LogP contribution in [-0.4, -0.2) is 39.0 Å². The number of ether oxygens (including phenoxy) is 1. The fraction of sp³-hybridized carbons (Fsp3) is 0.267. The van der Waals surface area contributed by atoms with E-state index in [1.54, 1.807) is 25.0 Å². The number of nitrogens with one attached hydrogen (secondary N) is 1. The van der Waals surface area contributed by atoms with Crippen molar-refractivity contribution >= 4 is 16.9 Å². The highest BCUT2D eigenvalue weighted by Crippen LogP contribution is 2.23. The van der Waals surface area contributed by atoms with Gasteiger partial charge in [0.1, 0.15) is 17.9 Å². The first-order chi connectivity index (χ1) is 10.7. The summed E-state index contributed by atoms with van der Waals surface area (Å²) >= 11 is 0. The van der Waals surface area contributed by atoms with Crippen LogP contribution >= 0.6 is 0 Å². The maximum absolute atomic E-state index is 10.4. The van der Waals surface area contributed by atoms with E-state index in [4.69, 9.17) is 4.74 Å². The lowest BCUT2D eigenvalue weighted by atomic mass is 10.1. The van der Waals surface area contributed by atoms with Gasteiger partial charge in [-0.05, 0) is 17.7 Å². The molecule has 114 valence electrons. The van der Waals surface area contributed by atoms with E-state index in [2.05, 4.69) is 20.4 Å². The van der Waals surface area contributed by atoms with Gasteiger partial charge in [0, 0.05) is 7.05 Å². The zero-order valence-electron chi connectivity index (χ0n) is 12.4. The molecule has 0 amide bonds. The fourth-order valence-corrected chi connectivity index (χ4v) is 2.34. The van der Waals surface area contributed by atoms with Gasteiger partial charge in [0.15, 0.2) is 5.65 Å². The second-order valence-electron chi connectivity index (χ2n) is 4.83. The molecule has 2 aromatic heterocycles. The molecule has 0 aliphatic carbocycles. The summed E-state index contributed by atoms with van der Waals surface area (Å²) in [5.41, 5.74) is 1.45. The van der Waals surface area contributed by atoms with E-state index < -0.39 is 6.10 Å². The van der Waals surface area contributed by atoms with Crippen LogP contribution in [-0.2, 0) is 6.54 Å². The number of nitrogens with zero attached hydrogens (tertiary/aromatic N) is 4. The van der Waals surface area contributed by atoms with Crippen LogP contribution in [0.25, 0.3) is 11.0 Å².